The minimum Gasteiger partial charge on any atom is -0.336 e. The van der Waals surface area contributed by atoms with Gasteiger partial charge in [0.15, 0.2) is 0 Å². The van der Waals surface area contributed by atoms with Crippen LogP contribution in [0.2, 0.25) is 0 Å². The Hall–Kier alpha value is -3.37. The molecule has 1 N–H and O–H groups in total. The largest absolute Gasteiger partial charge is 0.336 e. The number of halogens is 1. The lowest BCUT2D eigenvalue weighted by molar-refractivity contribution is 0.0698. The van der Waals surface area contributed by atoms with Crippen molar-refractivity contribution in [2.75, 3.05) is 31.5 Å². The van der Waals surface area contributed by atoms with Crippen molar-refractivity contribution in [1.82, 2.24) is 19.2 Å². The molecule has 1 amide bonds. The topological polar surface area (TPSA) is 95.5 Å². The Balaban J connectivity index is 1.42. The zero-order valence-corrected chi connectivity index (χ0v) is 17.3. The zero-order valence-electron chi connectivity index (χ0n) is 16.5. The molecule has 1 aliphatic heterocycles. The number of amides is 1. The van der Waals surface area contributed by atoms with Gasteiger partial charge in [-0.1, -0.05) is 12.1 Å². The number of carbonyl (C=O) groups excluding carboxylic acids is 1. The normalized spacial score (nSPS) is 14.9. The first-order valence-electron chi connectivity index (χ1n) is 9.62. The van der Waals surface area contributed by atoms with E-state index in [4.69, 9.17) is 0 Å². The molecule has 0 spiro atoms. The van der Waals surface area contributed by atoms with Gasteiger partial charge < -0.3 is 10.2 Å². The van der Waals surface area contributed by atoms with E-state index in [1.54, 1.807) is 47.6 Å². The van der Waals surface area contributed by atoms with Gasteiger partial charge in [-0.2, -0.15) is 4.31 Å². The third-order valence-electron chi connectivity index (χ3n) is 4.89. The van der Waals surface area contributed by atoms with Gasteiger partial charge in [0.2, 0.25) is 16.0 Å². The van der Waals surface area contributed by atoms with Gasteiger partial charge in [-0.3, -0.25) is 4.79 Å². The lowest BCUT2D eigenvalue weighted by Crippen LogP contribution is -2.50. The van der Waals surface area contributed by atoms with Crippen molar-refractivity contribution in [1.29, 1.82) is 0 Å². The first-order chi connectivity index (χ1) is 14.9. The lowest BCUT2D eigenvalue weighted by Gasteiger charge is -2.34. The number of benzene rings is 2. The maximum absolute atomic E-state index is 13.4. The molecule has 1 aromatic heterocycles. The summed E-state index contributed by atoms with van der Waals surface area (Å²) in [4.78, 5) is 22.6. The van der Waals surface area contributed by atoms with Crippen LogP contribution in [-0.4, -0.2) is 59.7 Å². The summed E-state index contributed by atoms with van der Waals surface area (Å²) in [6, 6.07) is 13.6. The van der Waals surface area contributed by atoms with E-state index in [0.717, 1.165) is 6.07 Å². The third-order valence-corrected chi connectivity index (χ3v) is 6.79. The number of hydrogen-bond donors (Lipinski definition) is 1. The molecule has 2 heterocycles. The molecular formula is C21H20FN5O3S. The second-order valence-corrected chi connectivity index (χ2v) is 8.87. The van der Waals surface area contributed by atoms with Gasteiger partial charge in [0, 0.05) is 49.8 Å². The third kappa shape index (κ3) is 4.70. The smallest absolute Gasteiger partial charge is 0.254 e. The maximum atomic E-state index is 13.4. The number of anilines is 2. The monoisotopic (exact) mass is 441 g/mol. The molecule has 0 unspecified atom stereocenters. The summed E-state index contributed by atoms with van der Waals surface area (Å²) >= 11 is 0. The quantitative estimate of drug-likeness (QED) is 0.654. The Labute approximate surface area is 179 Å². The molecule has 1 aliphatic rings. The van der Waals surface area contributed by atoms with Crippen molar-refractivity contribution in [3.05, 3.63) is 78.4 Å². The molecule has 2 aromatic carbocycles. The molecule has 0 saturated carbocycles. The van der Waals surface area contributed by atoms with Gasteiger partial charge in [-0.15, -0.1) is 0 Å². The van der Waals surface area contributed by atoms with Gasteiger partial charge in [-0.05, 0) is 42.5 Å². The summed E-state index contributed by atoms with van der Waals surface area (Å²) in [7, 11) is -3.81. The van der Waals surface area contributed by atoms with Crippen LogP contribution in [0, 0.1) is 5.82 Å². The average molecular weight is 441 g/mol. The van der Waals surface area contributed by atoms with E-state index in [1.807, 2.05) is 0 Å². The van der Waals surface area contributed by atoms with E-state index in [-0.39, 0.29) is 37.0 Å². The SMILES string of the molecule is O=C(c1cccc(Nc2ncccn2)c1)N1CCN(S(=O)(=O)c2cccc(F)c2)CC1. The highest BCUT2D eigenvalue weighted by molar-refractivity contribution is 7.89. The highest BCUT2D eigenvalue weighted by Gasteiger charge is 2.30. The van der Waals surface area contributed by atoms with Gasteiger partial charge in [0.1, 0.15) is 5.82 Å². The maximum Gasteiger partial charge on any atom is 0.254 e. The number of rotatable bonds is 5. The van der Waals surface area contributed by atoms with Gasteiger partial charge in [-0.25, -0.2) is 22.8 Å². The molecule has 4 rings (SSSR count). The predicted octanol–water partition coefficient (Wildman–Crippen LogP) is 2.51. The second kappa shape index (κ2) is 8.78. The van der Waals surface area contributed by atoms with Crippen LogP contribution in [0.4, 0.5) is 16.0 Å². The highest BCUT2D eigenvalue weighted by atomic mass is 32.2. The van der Waals surface area contributed by atoms with Gasteiger partial charge in [0.25, 0.3) is 5.91 Å². The molecule has 31 heavy (non-hydrogen) atoms. The molecule has 1 saturated heterocycles. The van der Waals surface area contributed by atoms with Crippen molar-refractivity contribution in [2.24, 2.45) is 0 Å². The van der Waals surface area contributed by atoms with E-state index in [2.05, 4.69) is 15.3 Å². The van der Waals surface area contributed by atoms with E-state index in [1.165, 1.54) is 22.5 Å². The van der Waals surface area contributed by atoms with Crippen LogP contribution in [0.25, 0.3) is 0 Å². The highest BCUT2D eigenvalue weighted by Crippen LogP contribution is 2.20. The van der Waals surface area contributed by atoms with Crippen LogP contribution < -0.4 is 5.32 Å². The van der Waals surface area contributed by atoms with Crippen LogP contribution in [0.5, 0.6) is 0 Å². The number of sulfonamides is 1. The first-order valence-corrected chi connectivity index (χ1v) is 11.1. The fraction of sp³-hybridized carbons (Fsp3) is 0.190. The molecule has 10 heteroatoms. The van der Waals surface area contributed by atoms with E-state index >= 15 is 0 Å². The van der Waals surface area contributed by atoms with Gasteiger partial charge in [0.05, 0.1) is 4.90 Å². The Morgan fingerprint density at radius 3 is 2.35 bits per heavy atom. The Morgan fingerprint density at radius 2 is 1.65 bits per heavy atom. The molecule has 0 radical (unpaired) electrons. The second-order valence-electron chi connectivity index (χ2n) is 6.93. The van der Waals surface area contributed by atoms with Crippen molar-refractivity contribution in [2.45, 2.75) is 4.90 Å². The predicted molar refractivity (Wildman–Crippen MR) is 113 cm³/mol. The summed E-state index contributed by atoms with van der Waals surface area (Å²) in [5, 5.41) is 3.04. The van der Waals surface area contributed by atoms with Crippen LogP contribution >= 0.6 is 0 Å². The lowest BCUT2D eigenvalue weighted by atomic mass is 10.1. The van der Waals surface area contributed by atoms with E-state index < -0.39 is 15.8 Å². The minimum atomic E-state index is -3.81. The Morgan fingerprint density at radius 1 is 0.935 bits per heavy atom. The zero-order chi connectivity index (χ0) is 21.8. The number of aromatic nitrogens is 2. The Bertz CT molecular complexity index is 1180. The summed E-state index contributed by atoms with van der Waals surface area (Å²) in [5.74, 6) is -0.381. The minimum absolute atomic E-state index is 0.0887. The molecule has 0 bridgehead atoms. The van der Waals surface area contributed by atoms with E-state index in [0.29, 0.717) is 17.2 Å². The van der Waals surface area contributed by atoms with Crippen molar-refractivity contribution < 1.29 is 17.6 Å². The summed E-state index contributed by atoms with van der Waals surface area (Å²) < 4.78 is 40.2. The first kappa shape index (κ1) is 20.9. The number of hydrogen-bond acceptors (Lipinski definition) is 6. The standard InChI is InChI=1S/C21H20FN5O3S/c22-17-5-2-7-19(15-17)31(29,30)27-12-10-26(11-13-27)20(28)16-4-1-6-18(14-16)25-21-23-8-3-9-24-21/h1-9,14-15H,10-13H2,(H,23,24,25). The number of carbonyl (C=O) groups is 1. The molecular weight excluding hydrogens is 421 g/mol. The Kier molecular flexibility index (Phi) is 5.92. The van der Waals surface area contributed by atoms with Crippen LogP contribution in [0.1, 0.15) is 10.4 Å². The van der Waals surface area contributed by atoms with Crippen LogP contribution in [-0.2, 0) is 10.0 Å². The van der Waals surface area contributed by atoms with Crippen molar-refractivity contribution in [3.8, 4) is 0 Å². The molecule has 0 atom stereocenters. The summed E-state index contributed by atoms with van der Waals surface area (Å²) in [5.41, 5.74) is 1.15. The van der Waals surface area contributed by atoms with Crippen molar-refractivity contribution >= 4 is 27.6 Å². The average Bonchev–Trinajstić information content (AvgIpc) is 2.79. The molecule has 160 valence electrons. The number of piperazine rings is 1. The summed E-state index contributed by atoms with van der Waals surface area (Å²) in [6.45, 7) is 0.764. The number of nitrogens with one attached hydrogen (secondary N) is 1. The van der Waals surface area contributed by atoms with E-state index in [9.17, 15) is 17.6 Å². The molecule has 0 aliphatic carbocycles. The van der Waals surface area contributed by atoms with Crippen LogP contribution in [0.3, 0.4) is 0 Å². The molecule has 3 aromatic rings. The molecule has 8 nitrogen and oxygen atoms in total. The fourth-order valence-corrected chi connectivity index (χ4v) is 4.77. The van der Waals surface area contributed by atoms with Crippen molar-refractivity contribution in [3.63, 3.8) is 0 Å². The number of nitrogens with zero attached hydrogens (tertiary/aromatic N) is 4. The molecule has 1 fully saturated rings. The summed E-state index contributed by atoms with van der Waals surface area (Å²) in [6.07, 6.45) is 3.23. The fourth-order valence-electron chi connectivity index (χ4n) is 3.31. The van der Waals surface area contributed by atoms with Crippen LogP contribution in [0.15, 0.2) is 71.9 Å². The van der Waals surface area contributed by atoms with Gasteiger partial charge >= 0.3 is 0 Å².